The molecule has 2 aromatic rings. The standard InChI is InChI=1S/C25H30FN/c1-2-3-4-5-6-20-7-9-21(10-8-20)11-12-22-13-18-25(27-19-22)23-14-16-24(26)17-15-23/h13-21H,2-10H2,1H3/t20-,21-. The van der Waals surface area contributed by atoms with E-state index in [1.54, 1.807) is 12.1 Å². The van der Waals surface area contributed by atoms with Crippen LogP contribution in [0.4, 0.5) is 4.39 Å². The Hall–Kier alpha value is -2.14. The molecule has 1 heterocycles. The number of rotatable bonds is 6. The SMILES string of the molecule is CCCCCC[C@H]1CC[C@H](C#Cc2ccc(-c3ccc(F)cc3)nc2)CC1. The van der Waals surface area contributed by atoms with E-state index in [1.165, 1.54) is 69.9 Å². The molecule has 0 aliphatic heterocycles. The molecule has 0 unspecified atom stereocenters. The van der Waals surface area contributed by atoms with Gasteiger partial charge in [-0.25, -0.2) is 4.39 Å². The van der Waals surface area contributed by atoms with E-state index < -0.39 is 0 Å². The van der Waals surface area contributed by atoms with Crippen LogP contribution in [0.5, 0.6) is 0 Å². The maximum Gasteiger partial charge on any atom is 0.123 e. The molecule has 0 saturated heterocycles. The Morgan fingerprint density at radius 2 is 1.74 bits per heavy atom. The first-order chi connectivity index (χ1) is 13.2. The molecule has 1 aliphatic rings. The van der Waals surface area contributed by atoms with Gasteiger partial charge in [0.25, 0.3) is 0 Å². The lowest BCUT2D eigenvalue weighted by Gasteiger charge is -2.25. The lowest BCUT2D eigenvalue weighted by atomic mass is 9.80. The molecule has 1 aromatic heterocycles. The third-order valence-electron chi connectivity index (χ3n) is 5.64. The van der Waals surface area contributed by atoms with Gasteiger partial charge in [0.2, 0.25) is 0 Å². The third-order valence-corrected chi connectivity index (χ3v) is 5.64. The minimum absolute atomic E-state index is 0.225. The van der Waals surface area contributed by atoms with E-state index in [2.05, 4.69) is 23.7 Å². The number of hydrogen-bond acceptors (Lipinski definition) is 1. The predicted octanol–water partition coefficient (Wildman–Crippen LogP) is 7.02. The molecule has 1 saturated carbocycles. The van der Waals surface area contributed by atoms with Gasteiger partial charge in [-0.15, -0.1) is 0 Å². The van der Waals surface area contributed by atoms with Crippen molar-refractivity contribution < 1.29 is 4.39 Å². The van der Waals surface area contributed by atoms with Gasteiger partial charge in [-0.3, -0.25) is 4.98 Å². The van der Waals surface area contributed by atoms with Gasteiger partial charge in [-0.2, -0.15) is 0 Å². The van der Waals surface area contributed by atoms with Crippen molar-refractivity contribution in [2.24, 2.45) is 11.8 Å². The van der Waals surface area contributed by atoms with Crippen LogP contribution in [0.2, 0.25) is 0 Å². The van der Waals surface area contributed by atoms with E-state index in [1.807, 2.05) is 18.3 Å². The van der Waals surface area contributed by atoms with Crippen LogP contribution in [0.25, 0.3) is 11.3 Å². The van der Waals surface area contributed by atoms with Crippen molar-refractivity contribution in [3.63, 3.8) is 0 Å². The summed E-state index contributed by atoms with van der Waals surface area (Å²) in [5.41, 5.74) is 2.74. The Labute approximate surface area is 163 Å². The summed E-state index contributed by atoms with van der Waals surface area (Å²) in [7, 11) is 0. The highest BCUT2D eigenvalue weighted by Crippen LogP contribution is 2.31. The summed E-state index contributed by atoms with van der Waals surface area (Å²) in [4.78, 5) is 4.48. The van der Waals surface area contributed by atoms with Crippen LogP contribution >= 0.6 is 0 Å². The molecule has 1 fully saturated rings. The van der Waals surface area contributed by atoms with Crippen LogP contribution < -0.4 is 0 Å². The minimum atomic E-state index is -0.225. The number of unbranched alkanes of at least 4 members (excludes halogenated alkanes) is 3. The molecule has 1 aliphatic carbocycles. The molecule has 142 valence electrons. The van der Waals surface area contributed by atoms with Crippen LogP contribution in [0.3, 0.4) is 0 Å². The average Bonchev–Trinajstić information content (AvgIpc) is 2.72. The highest BCUT2D eigenvalue weighted by Gasteiger charge is 2.19. The first-order valence-electron chi connectivity index (χ1n) is 10.5. The Kier molecular flexibility index (Phi) is 7.45. The van der Waals surface area contributed by atoms with Gasteiger partial charge in [-0.05, 0) is 68.0 Å². The van der Waals surface area contributed by atoms with Gasteiger partial charge in [0.1, 0.15) is 5.82 Å². The fourth-order valence-electron chi connectivity index (χ4n) is 3.90. The van der Waals surface area contributed by atoms with Crippen molar-refractivity contribution >= 4 is 0 Å². The Balaban J connectivity index is 1.48. The quantitative estimate of drug-likeness (QED) is 0.397. The zero-order valence-electron chi connectivity index (χ0n) is 16.4. The van der Waals surface area contributed by atoms with E-state index in [0.29, 0.717) is 5.92 Å². The Morgan fingerprint density at radius 3 is 2.41 bits per heavy atom. The predicted molar refractivity (Wildman–Crippen MR) is 111 cm³/mol. The van der Waals surface area contributed by atoms with Crippen LogP contribution in [-0.4, -0.2) is 4.98 Å². The zero-order valence-corrected chi connectivity index (χ0v) is 16.4. The molecule has 0 bridgehead atoms. The number of pyridine rings is 1. The number of halogens is 1. The van der Waals surface area contributed by atoms with Gasteiger partial charge in [0, 0.05) is 23.2 Å². The molecule has 2 heteroatoms. The first kappa shape index (κ1) is 19.6. The van der Waals surface area contributed by atoms with E-state index in [4.69, 9.17) is 0 Å². The summed E-state index contributed by atoms with van der Waals surface area (Å²) in [5.74, 6) is 8.00. The van der Waals surface area contributed by atoms with Crippen molar-refractivity contribution in [1.82, 2.24) is 4.98 Å². The topological polar surface area (TPSA) is 12.9 Å². The highest BCUT2D eigenvalue weighted by molar-refractivity contribution is 5.59. The number of nitrogens with zero attached hydrogens (tertiary/aromatic N) is 1. The summed E-state index contributed by atoms with van der Waals surface area (Å²) in [5, 5.41) is 0. The van der Waals surface area contributed by atoms with Gasteiger partial charge < -0.3 is 0 Å². The molecular weight excluding hydrogens is 333 g/mol. The lowest BCUT2D eigenvalue weighted by Crippen LogP contribution is -2.13. The van der Waals surface area contributed by atoms with Gasteiger partial charge in [0.05, 0.1) is 5.69 Å². The molecule has 0 spiro atoms. The number of benzene rings is 1. The second-order valence-electron chi connectivity index (χ2n) is 7.78. The molecule has 27 heavy (non-hydrogen) atoms. The van der Waals surface area contributed by atoms with Crippen LogP contribution in [-0.2, 0) is 0 Å². The Bertz CT molecular complexity index is 744. The van der Waals surface area contributed by atoms with E-state index in [-0.39, 0.29) is 5.82 Å². The molecule has 1 nitrogen and oxygen atoms in total. The maximum atomic E-state index is 13.0. The molecule has 1 aromatic carbocycles. The first-order valence-corrected chi connectivity index (χ1v) is 10.5. The summed E-state index contributed by atoms with van der Waals surface area (Å²) < 4.78 is 13.0. The normalized spacial score (nSPS) is 19.3. The fraction of sp³-hybridized carbons (Fsp3) is 0.480. The summed E-state index contributed by atoms with van der Waals surface area (Å²) in [6.45, 7) is 2.27. The second-order valence-corrected chi connectivity index (χ2v) is 7.78. The van der Waals surface area contributed by atoms with Crippen molar-refractivity contribution in [3.05, 3.63) is 54.0 Å². The second kappa shape index (κ2) is 10.3. The van der Waals surface area contributed by atoms with Crippen LogP contribution in [0, 0.1) is 29.5 Å². The Morgan fingerprint density at radius 1 is 0.963 bits per heavy atom. The van der Waals surface area contributed by atoms with Gasteiger partial charge in [0.15, 0.2) is 0 Å². The average molecular weight is 364 g/mol. The van der Waals surface area contributed by atoms with Crippen molar-refractivity contribution in [2.75, 3.05) is 0 Å². The van der Waals surface area contributed by atoms with Gasteiger partial charge in [-0.1, -0.05) is 50.9 Å². The van der Waals surface area contributed by atoms with Crippen molar-refractivity contribution in [2.45, 2.75) is 64.7 Å². The number of hydrogen-bond donors (Lipinski definition) is 0. The van der Waals surface area contributed by atoms with Crippen molar-refractivity contribution in [1.29, 1.82) is 0 Å². The molecule has 0 N–H and O–H groups in total. The summed E-state index contributed by atoms with van der Waals surface area (Å²) in [6, 6.07) is 10.4. The van der Waals surface area contributed by atoms with E-state index in [0.717, 1.165) is 22.7 Å². The summed E-state index contributed by atoms with van der Waals surface area (Å²) >= 11 is 0. The molecule has 0 atom stereocenters. The molecular formula is C25H30FN. The molecule has 0 amide bonds. The highest BCUT2D eigenvalue weighted by atomic mass is 19.1. The van der Waals surface area contributed by atoms with Gasteiger partial charge >= 0.3 is 0 Å². The van der Waals surface area contributed by atoms with Crippen molar-refractivity contribution in [3.8, 4) is 23.1 Å². The smallest absolute Gasteiger partial charge is 0.123 e. The molecule has 3 rings (SSSR count). The van der Waals surface area contributed by atoms with E-state index in [9.17, 15) is 4.39 Å². The number of aromatic nitrogens is 1. The van der Waals surface area contributed by atoms with E-state index >= 15 is 0 Å². The van der Waals surface area contributed by atoms with Crippen LogP contribution in [0.1, 0.15) is 70.3 Å². The zero-order chi connectivity index (χ0) is 18.9. The monoisotopic (exact) mass is 363 g/mol. The summed E-state index contributed by atoms with van der Waals surface area (Å²) in [6.07, 6.45) is 13.9. The lowest BCUT2D eigenvalue weighted by molar-refractivity contribution is 0.294. The fourth-order valence-corrected chi connectivity index (χ4v) is 3.90. The molecule has 0 radical (unpaired) electrons. The maximum absolute atomic E-state index is 13.0. The third kappa shape index (κ3) is 6.21. The largest absolute Gasteiger partial charge is 0.255 e. The minimum Gasteiger partial charge on any atom is -0.255 e. The van der Waals surface area contributed by atoms with Crippen LogP contribution in [0.15, 0.2) is 42.6 Å².